The topological polar surface area (TPSA) is 66.5 Å². The lowest BCUT2D eigenvalue weighted by atomic mass is 9.93. The van der Waals surface area contributed by atoms with E-state index < -0.39 is 10.0 Å². The molecule has 1 aromatic carbocycles. The van der Waals surface area contributed by atoms with Crippen molar-refractivity contribution in [2.75, 3.05) is 23.4 Å². The molecule has 1 N–H and O–H groups in total. The summed E-state index contributed by atoms with van der Waals surface area (Å²) in [5.74, 6) is 0.267. The molecule has 0 saturated carbocycles. The summed E-state index contributed by atoms with van der Waals surface area (Å²) in [6, 6.07) is 7.19. The third-order valence-electron chi connectivity index (χ3n) is 3.79. The highest BCUT2D eigenvalue weighted by Gasteiger charge is 2.24. The van der Waals surface area contributed by atoms with Gasteiger partial charge >= 0.3 is 0 Å². The van der Waals surface area contributed by atoms with Crippen molar-refractivity contribution in [1.82, 2.24) is 5.32 Å². The van der Waals surface area contributed by atoms with Gasteiger partial charge in [-0.2, -0.15) is 0 Å². The summed E-state index contributed by atoms with van der Waals surface area (Å²) >= 11 is 1.53. The van der Waals surface area contributed by atoms with Crippen molar-refractivity contribution in [2.45, 2.75) is 38.6 Å². The van der Waals surface area contributed by atoms with E-state index in [-0.39, 0.29) is 30.3 Å². The summed E-state index contributed by atoms with van der Waals surface area (Å²) in [6.45, 7) is 7.96. The minimum Gasteiger partial charge on any atom is -0.351 e. The third kappa shape index (κ3) is 6.02. The smallest absolute Gasteiger partial charge is 0.241 e. The highest BCUT2D eigenvalue weighted by atomic mass is 32.2. The molecule has 1 rings (SSSR count). The van der Waals surface area contributed by atoms with Gasteiger partial charge in [0.1, 0.15) is 6.54 Å². The molecule has 0 aromatic heterocycles. The van der Waals surface area contributed by atoms with E-state index in [1.54, 1.807) is 18.2 Å². The Morgan fingerprint density at radius 3 is 2.25 bits per heavy atom. The number of carbonyl (C=O) groups excluding carboxylic acids is 1. The summed E-state index contributed by atoms with van der Waals surface area (Å²) < 4.78 is 25.5. The van der Waals surface area contributed by atoms with Gasteiger partial charge in [0, 0.05) is 10.9 Å². The van der Waals surface area contributed by atoms with E-state index in [4.69, 9.17) is 0 Å². The zero-order chi connectivity index (χ0) is 18.5. The minimum absolute atomic E-state index is 0.0106. The number of carbonyl (C=O) groups is 1. The molecule has 0 aliphatic rings. The maximum atomic E-state index is 12.4. The summed E-state index contributed by atoms with van der Waals surface area (Å²) in [5, 5.41) is 2.97. The molecule has 0 heterocycles. The van der Waals surface area contributed by atoms with Gasteiger partial charge in [-0.1, -0.05) is 33.8 Å². The number of benzene rings is 1. The van der Waals surface area contributed by atoms with E-state index >= 15 is 0 Å². The van der Waals surface area contributed by atoms with Gasteiger partial charge in [0.25, 0.3) is 0 Å². The van der Waals surface area contributed by atoms with Crippen molar-refractivity contribution in [3.8, 4) is 0 Å². The largest absolute Gasteiger partial charge is 0.351 e. The number of anilines is 1. The summed E-state index contributed by atoms with van der Waals surface area (Å²) in [7, 11) is -3.55. The van der Waals surface area contributed by atoms with Crippen LogP contribution in [0.1, 0.15) is 27.7 Å². The highest BCUT2D eigenvalue weighted by Crippen LogP contribution is 2.24. The van der Waals surface area contributed by atoms with Gasteiger partial charge in [-0.25, -0.2) is 8.42 Å². The lowest BCUT2D eigenvalue weighted by Gasteiger charge is -2.28. The number of rotatable bonds is 8. The molecule has 0 saturated heterocycles. The molecule has 1 amide bonds. The number of nitrogens with one attached hydrogen (secondary N) is 1. The molecule has 0 aliphatic carbocycles. The molecule has 136 valence electrons. The van der Waals surface area contributed by atoms with Crippen LogP contribution in [0, 0.1) is 11.8 Å². The number of sulfonamides is 1. The molecule has 0 aliphatic heterocycles. The first-order valence-electron chi connectivity index (χ1n) is 7.97. The Kier molecular flexibility index (Phi) is 7.60. The van der Waals surface area contributed by atoms with Gasteiger partial charge in [0.05, 0.1) is 11.9 Å². The monoisotopic (exact) mass is 372 g/mol. The zero-order valence-corrected chi connectivity index (χ0v) is 16.9. The van der Waals surface area contributed by atoms with E-state index in [9.17, 15) is 13.2 Å². The van der Waals surface area contributed by atoms with Crippen LogP contribution in [0.4, 0.5) is 5.69 Å². The molecule has 0 fully saturated rings. The van der Waals surface area contributed by atoms with Crippen LogP contribution in [0.3, 0.4) is 0 Å². The fourth-order valence-electron chi connectivity index (χ4n) is 2.63. The second kappa shape index (κ2) is 8.76. The van der Waals surface area contributed by atoms with Crippen LogP contribution in [0.2, 0.25) is 0 Å². The Labute approximate surface area is 150 Å². The van der Waals surface area contributed by atoms with E-state index in [2.05, 4.69) is 5.32 Å². The van der Waals surface area contributed by atoms with E-state index in [1.807, 2.05) is 40.0 Å². The number of amides is 1. The van der Waals surface area contributed by atoms with Gasteiger partial charge in [0.15, 0.2) is 0 Å². The Hall–Kier alpha value is -1.21. The first-order chi connectivity index (χ1) is 11.1. The average molecular weight is 373 g/mol. The zero-order valence-electron chi connectivity index (χ0n) is 15.2. The Bertz CT molecular complexity index is 650. The normalized spacial score (nSPS) is 12.0. The molecular weight excluding hydrogens is 344 g/mol. The van der Waals surface area contributed by atoms with Crippen LogP contribution >= 0.6 is 11.8 Å². The Morgan fingerprint density at radius 1 is 1.21 bits per heavy atom. The molecule has 0 unspecified atom stereocenters. The van der Waals surface area contributed by atoms with Crippen molar-refractivity contribution < 1.29 is 13.2 Å². The van der Waals surface area contributed by atoms with E-state index in [0.717, 1.165) is 15.5 Å². The fraction of sp³-hybridized carbons (Fsp3) is 0.588. The van der Waals surface area contributed by atoms with Gasteiger partial charge in [-0.15, -0.1) is 11.8 Å². The summed E-state index contributed by atoms with van der Waals surface area (Å²) in [4.78, 5) is 13.4. The molecule has 5 nitrogen and oxygen atoms in total. The predicted octanol–water partition coefficient (Wildman–Crippen LogP) is 2.97. The molecule has 0 radical (unpaired) electrons. The van der Waals surface area contributed by atoms with Crippen molar-refractivity contribution in [2.24, 2.45) is 11.8 Å². The SMILES string of the molecule is CSc1cccc(N(CC(=O)NC(C(C)C)C(C)C)S(C)(=O)=O)c1. The van der Waals surface area contributed by atoms with Crippen molar-refractivity contribution in [3.63, 3.8) is 0 Å². The fourth-order valence-corrected chi connectivity index (χ4v) is 3.93. The Balaban J connectivity index is 3.01. The van der Waals surface area contributed by atoms with Crippen molar-refractivity contribution in [1.29, 1.82) is 0 Å². The second-order valence-electron chi connectivity index (χ2n) is 6.55. The minimum atomic E-state index is -3.55. The molecule has 1 aromatic rings. The molecule has 0 spiro atoms. The quantitative estimate of drug-likeness (QED) is 0.713. The predicted molar refractivity (Wildman–Crippen MR) is 102 cm³/mol. The van der Waals surface area contributed by atoms with E-state index in [0.29, 0.717) is 5.69 Å². The first kappa shape index (κ1) is 20.8. The van der Waals surface area contributed by atoms with Gasteiger partial charge in [-0.3, -0.25) is 9.10 Å². The van der Waals surface area contributed by atoms with Crippen LogP contribution in [0.5, 0.6) is 0 Å². The van der Waals surface area contributed by atoms with Crippen LogP contribution < -0.4 is 9.62 Å². The molecule has 7 heteroatoms. The summed E-state index contributed by atoms with van der Waals surface area (Å²) in [5.41, 5.74) is 0.505. The highest BCUT2D eigenvalue weighted by molar-refractivity contribution is 7.98. The van der Waals surface area contributed by atoms with Crippen LogP contribution in [0.25, 0.3) is 0 Å². The van der Waals surface area contributed by atoms with Crippen LogP contribution in [0.15, 0.2) is 29.2 Å². The van der Waals surface area contributed by atoms with Gasteiger partial charge in [-0.05, 0) is 36.3 Å². The van der Waals surface area contributed by atoms with Gasteiger partial charge in [0.2, 0.25) is 15.9 Å². The molecule has 0 atom stereocenters. The lowest BCUT2D eigenvalue weighted by molar-refractivity contribution is -0.121. The number of hydrogen-bond donors (Lipinski definition) is 1. The Morgan fingerprint density at radius 2 is 1.79 bits per heavy atom. The average Bonchev–Trinajstić information content (AvgIpc) is 2.48. The third-order valence-corrected chi connectivity index (χ3v) is 5.66. The molecule has 24 heavy (non-hydrogen) atoms. The number of nitrogens with zero attached hydrogens (tertiary/aromatic N) is 1. The molecule has 0 bridgehead atoms. The number of hydrogen-bond acceptors (Lipinski definition) is 4. The number of thioether (sulfide) groups is 1. The lowest BCUT2D eigenvalue weighted by Crippen LogP contribution is -2.47. The summed E-state index contributed by atoms with van der Waals surface area (Å²) in [6.07, 6.45) is 3.04. The maximum absolute atomic E-state index is 12.4. The standard InChI is InChI=1S/C17H28N2O3S2/c1-12(2)17(13(3)4)18-16(20)11-19(24(6,21)22)14-8-7-9-15(10-14)23-5/h7-10,12-13,17H,11H2,1-6H3,(H,18,20). The van der Waals surface area contributed by atoms with Crippen LogP contribution in [-0.2, 0) is 14.8 Å². The maximum Gasteiger partial charge on any atom is 0.241 e. The van der Waals surface area contributed by atoms with Crippen molar-refractivity contribution >= 4 is 33.4 Å². The molecular formula is C17H28N2O3S2. The van der Waals surface area contributed by atoms with E-state index in [1.165, 1.54) is 11.8 Å². The van der Waals surface area contributed by atoms with Gasteiger partial charge < -0.3 is 5.32 Å². The second-order valence-corrected chi connectivity index (χ2v) is 9.34. The van der Waals surface area contributed by atoms with Crippen LogP contribution in [-0.4, -0.2) is 39.4 Å². The van der Waals surface area contributed by atoms with Crippen molar-refractivity contribution in [3.05, 3.63) is 24.3 Å². The first-order valence-corrected chi connectivity index (χ1v) is 11.0.